The molecule has 0 radical (unpaired) electrons. The van der Waals surface area contributed by atoms with Crippen molar-refractivity contribution in [2.45, 2.75) is 6.54 Å². The fourth-order valence-corrected chi connectivity index (χ4v) is 3.11. The van der Waals surface area contributed by atoms with E-state index in [1.165, 1.54) is 12.8 Å². The molecule has 0 bridgehead atoms. The molecule has 0 saturated carbocycles. The van der Waals surface area contributed by atoms with E-state index in [1.807, 2.05) is 48.5 Å². The van der Waals surface area contributed by atoms with Gasteiger partial charge in [0.05, 0.1) is 13.7 Å². The van der Waals surface area contributed by atoms with Crippen LogP contribution in [0, 0.1) is 0 Å². The van der Waals surface area contributed by atoms with Crippen LogP contribution in [-0.2, 0) is 11.3 Å². The monoisotopic (exact) mass is 529 g/mol. The summed E-state index contributed by atoms with van der Waals surface area (Å²) in [6.07, 6.45) is -0.493. The van der Waals surface area contributed by atoms with E-state index in [9.17, 15) is 4.79 Å². The fraction of sp³-hybridized carbons (Fsp3) is 0.300. The Kier molecular flexibility index (Phi) is 8.84. The lowest BCUT2D eigenvalue weighted by atomic mass is 10.2. The number of methoxy groups -OCH3 is 1. The van der Waals surface area contributed by atoms with Gasteiger partial charge in [0.25, 0.3) is 0 Å². The van der Waals surface area contributed by atoms with Gasteiger partial charge in [-0.3, -0.25) is 5.32 Å². The number of ether oxygens (including phenoxy) is 1. The zero-order valence-corrected chi connectivity index (χ0v) is 19.3. The minimum Gasteiger partial charge on any atom is -0.453 e. The summed E-state index contributed by atoms with van der Waals surface area (Å²) in [5.74, 6) is 0.549. The van der Waals surface area contributed by atoms with Crippen molar-refractivity contribution in [1.82, 2.24) is 4.90 Å². The van der Waals surface area contributed by atoms with E-state index in [4.69, 9.17) is 17.3 Å². The highest BCUT2D eigenvalue weighted by molar-refractivity contribution is 14.0. The first-order chi connectivity index (χ1) is 13.5. The van der Waals surface area contributed by atoms with Crippen molar-refractivity contribution in [3.63, 3.8) is 0 Å². The number of nitrogens with two attached hydrogens (primary N) is 1. The largest absolute Gasteiger partial charge is 0.453 e. The summed E-state index contributed by atoms with van der Waals surface area (Å²) in [6.45, 7) is 3.89. The third-order valence-electron chi connectivity index (χ3n) is 4.60. The number of halogens is 2. The topological polar surface area (TPSA) is 83.2 Å². The van der Waals surface area contributed by atoms with Crippen LogP contribution in [-0.4, -0.2) is 50.2 Å². The van der Waals surface area contributed by atoms with Gasteiger partial charge in [-0.05, 0) is 42.0 Å². The second-order valence-electron chi connectivity index (χ2n) is 6.44. The summed E-state index contributed by atoms with van der Waals surface area (Å²) >= 11 is 5.95. The number of hydrogen-bond acceptors (Lipinski definition) is 4. The van der Waals surface area contributed by atoms with Crippen molar-refractivity contribution in [3.8, 4) is 0 Å². The van der Waals surface area contributed by atoms with E-state index < -0.39 is 6.09 Å². The Bertz CT molecular complexity index is 822. The molecule has 7 nitrogen and oxygen atoms in total. The lowest BCUT2D eigenvalue weighted by Gasteiger charge is -2.36. The molecule has 0 spiro atoms. The number of anilines is 2. The third kappa shape index (κ3) is 6.67. The van der Waals surface area contributed by atoms with Crippen molar-refractivity contribution in [3.05, 3.63) is 59.1 Å². The lowest BCUT2D eigenvalue weighted by molar-refractivity contribution is 0.187. The minimum atomic E-state index is -0.493. The molecule has 1 amide bonds. The highest BCUT2D eigenvalue weighted by atomic mass is 127. The molecule has 1 aliphatic rings. The molecule has 156 valence electrons. The molecular weight excluding hydrogens is 505 g/mol. The molecule has 3 N–H and O–H groups in total. The molecule has 0 atom stereocenters. The molecule has 1 fully saturated rings. The summed E-state index contributed by atoms with van der Waals surface area (Å²) in [4.78, 5) is 20.1. The summed E-state index contributed by atoms with van der Waals surface area (Å²) in [5.41, 5.74) is 9.03. The molecule has 0 aromatic heterocycles. The Morgan fingerprint density at radius 1 is 1.10 bits per heavy atom. The number of piperazine rings is 1. The van der Waals surface area contributed by atoms with Crippen LogP contribution >= 0.6 is 35.6 Å². The Labute approximate surface area is 192 Å². The number of rotatable bonds is 4. The van der Waals surface area contributed by atoms with Gasteiger partial charge < -0.3 is 20.3 Å². The van der Waals surface area contributed by atoms with Crippen LogP contribution in [0.2, 0.25) is 5.02 Å². The van der Waals surface area contributed by atoms with Crippen molar-refractivity contribution >= 4 is 59.0 Å². The maximum Gasteiger partial charge on any atom is 0.411 e. The molecule has 0 unspecified atom stereocenters. The van der Waals surface area contributed by atoms with Gasteiger partial charge in [0.15, 0.2) is 5.96 Å². The zero-order valence-electron chi connectivity index (χ0n) is 16.2. The van der Waals surface area contributed by atoms with Crippen molar-refractivity contribution < 1.29 is 9.53 Å². The second kappa shape index (κ2) is 11.1. The maximum atomic E-state index is 11.2. The van der Waals surface area contributed by atoms with Crippen LogP contribution in [0.3, 0.4) is 0 Å². The number of benzene rings is 2. The van der Waals surface area contributed by atoms with Crippen LogP contribution in [0.4, 0.5) is 16.2 Å². The van der Waals surface area contributed by atoms with E-state index in [0.717, 1.165) is 36.8 Å². The predicted molar refractivity (Wildman–Crippen MR) is 128 cm³/mol. The molecule has 1 saturated heterocycles. The van der Waals surface area contributed by atoms with Crippen LogP contribution in [0.25, 0.3) is 0 Å². The molecule has 29 heavy (non-hydrogen) atoms. The fourth-order valence-electron chi connectivity index (χ4n) is 2.98. The standard InChI is InChI=1S/C20H24ClN5O2.HI/c1-28-20(27)24-17-6-2-15(3-7-17)14-23-19(22)26-12-10-25(11-13-26)18-8-4-16(21)5-9-18;/h2-9H,10-14H2,1H3,(H2,22,23)(H,24,27);1H. The number of guanidine groups is 1. The molecule has 9 heteroatoms. The van der Waals surface area contributed by atoms with Gasteiger partial charge >= 0.3 is 6.09 Å². The second-order valence-corrected chi connectivity index (χ2v) is 6.87. The Hall–Kier alpha value is -2.20. The van der Waals surface area contributed by atoms with Crippen LogP contribution < -0.4 is 16.0 Å². The number of amides is 1. The zero-order chi connectivity index (χ0) is 19.9. The van der Waals surface area contributed by atoms with Crippen molar-refractivity contribution in [1.29, 1.82) is 0 Å². The van der Waals surface area contributed by atoms with Crippen molar-refractivity contribution in [2.75, 3.05) is 43.5 Å². The number of carbonyl (C=O) groups excluding carboxylic acids is 1. The predicted octanol–water partition coefficient (Wildman–Crippen LogP) is 3.77. The van der Waals surface area contributed by atoms with Crippen LogP contribution in [0.5, 0.6) is 0 Å². The molecule has 3 rings (SSSR count). The summed E-state index contributed by atoms with van der Waals surface area (Å²) in [6, 6.07) is 15.3. The first-order valence-electron chi connectivity index (χ1n) is 9.04. The van der Waals surface area contributed by atoms with Gasteiger partial charge in [0.2, 0.25) is 0 Å². The molecule has 1 aliphatic heterocycles. The normalized spacial score (nSPS) is 14.2. The van der Waals surface area contributed by atoms with Crippen LogP contribution in [0.15, 0.2) is 53.5 Å². The SMILES string of the molecule is COC(=O)Nc1ccc(CN=C(N)N2CCN(c3ccc(Cl)cc3)CC2)cc1.I. The number of nitrogens with one attached hydrogen (secondary N) is 1. The highest BCUT2D eigenvalue weighted by Gasteiger charge is 2.18. The minimum absolute atomic E-state index is 0. The van der Waals surface area contributed by atoms with E-state index in [2.05, 4.69) is 24.8 Å². The molecule has 1 heterocycles. The molecular formula is C20H25ClIN5O2. The Balaban J connectivity index is 0.00000300. The first-order valence-corrected chi connectivity index (χ1v) is 9.42. The van der Waals surface area contributed by atoms with E-state index >= 15 is 0 Å². The highest BCUT2D eigenvalue weighted by Crippen LogP contribution is 2.19. The summed E-state index contributed by atoms with van der Waals surface area (Å²) in [7, 11) is 1.33. The number of aliphatic imine (C=N–C) groups is 1. The van der Waals surface area contributed by atoms with Gasteiger partial charge in [0, 0.05) is 42.6 Å². The number of hydrogen-bond donors (Lipinski definition) is 2. The lowest BCUT2D eigenvalue weighted by Crippen LogP contribution is -2.51. The number of carbonyl (C=O) groups is 1. The van der Waals surface area contributed by atoms with Crippen LogP contribution in [0.1, 0.15) is 5.56 Å². The van der Waals surface area contributed by atoms with Gasteiger partial charge in [-0.25, -0.2) is 9.79 Å². The Morgan fingerprint density at radius 3 is 2.31 bits per heavy atom. The van der Waals surface area contributed by atoms with Gasteiger partial charge in [0.1, 0.15) is 0 Å². The quantitative estimate of drug-likeness (QED) is 0.358. The van der Waals surface area contributed by atoms with E-state index in [1.54, 1.807) is 0 Å². The smallest absolute Gasteiger partial charge is 0.411 e. The third-order valence-corrected chi connectivity index (χ3v) is 4.86. The Morgan fingerprint density at radius 2 is 1.72 bits per heavy atom. The van der Waals surface area contributed by atoms with Gasteiger partial charge in [-0.2, -0.15) is 0 Å². The average molecular weight is 530 g/mol. The molecule has 2 aromatic rings. The summed E-state index contributed by atoms with van der Waals surface area (Å²) in [5, 5.41) is 3.36. The molecule has 0 aliphatic carbocycles. The van der Waals surface area contributed by atoms with E-state index in [0.29, 0.717) is 18.2 Å². The molecule has 2 aromatic carbocycles. The van der Waals surface area contributed by atoms with Crippen molar-refractivity contribution in [2.24, 2.45) is 10.7 Å². The number of nitrogens with zero attached hydrogens (tertiary/aromatic N) is 3. The van der Waals surface area contributed by atoms with E-state index in [-0.39, 0.29) is 24.0 Å². The maximum absolute atomic E-state index is 11.2. The summed E-state index contributed by atoms with van der Waals surface area (Å²) < 4.78 is 4.57. The van der Waals surface area contributed by atoms with Gasteiger partial charge in [-0.15, -0.1) is 24.0 Å². The van der Waals surface area contributed by atoms with Gasteiger partial charge in [-0.1, -0.05) is 23.7 Å². The average Bonchev–Trinajstić information content (AvgIpc) is 2.73. The first kappa shape index (κ1) is 23.1.